The highest BCUT2D eigenvalue weighted by atomic mass is 16.6. The van der Waals surface area contributed by atoms with Gasteiger partial charge in [0, 0.05) is 0 Å². The predicted octanol–water partition coefficient (Wildman–Crippen LogP) is 1.57. The number of nitrogens with one attached hydrogen (secondary N) is 1. The van der Waals surface area contributed by atoms with Crippen molar-refractivity contribution in [1.82, 2.24) is 10.2 Å². The molecular weight excluding hydrogens is 234 g/mol. The summed E-state index contributed by atoms with van der Waals surface area (Å²) in [6, 6.07) is -0.711. The molecule has 1 rings (SSSR count). The number of hydrogen-bond acceptors (Lipinski definition) is 3. The van der Waals surface area contributed by atoms with Gasteiger partial charge in [-0.1, -0.05) is 12.2 Å². The number of urea groups is 1. The van der Waals surface area contributed by atoms with Crippen molar-refractivity contribution in [3.05, 3.63) is 12.2 Å². The summed E-state index contributed by atoms with van der Waals surface area (Å²) in [6.07, 6.45) is 5.24. The van der Waals surface area contributed by atoms with Crippen LogP contribution in [-0.2, 0) is 4.74 Å². The lowest BCUT2D eigenvalue weighted by atomic mass is 10.2. The van der Waals surface area contributed by atoms with E-state index >= 15 is 0 Å². The Morgan fingerprint density at radius 3 is 2.61 bits per heavy atom. The maximum absolute atomic E-state index is 12.0. The van der Waals surface area contributed by atoms with Crippen LogP contribution in [0.3, 0.4) is 0 Å². The van der Waals surface area contributed by atoms with Gasteiger partial charge in [0.15, 0.2) is 0 Å². The minimum atomic E-state index is -0.662. The summed E-state index contributed by atoms with van der Waals surface area (Å²) >= 11 is 0. The Labute approximate surface area is 107 Å². The van der Waals surface area contributed by atoms with E-state index in [0.717, 1.165) is 12.8 Å². The molecule has 0 saturated heterocycles. The molecule has 1 unspecified atom stereocenters. The Kier molecular flexibility index (Phi) is 4.58. The van der Waals surface area contributed by atoms with Crippen molar-refractivity contribution in [3.63, 3.8) is 0 Å². The molecule has 0 aromatic carbocycles. The first-order chi connectivity index (χ1) is 8.29. The summed E-state index contributed by atoms with van der Waals surface area (Å²) < 4.78 is 5.31. The highest BCUT2D eigenvalue weighted by Gasteiger charge is 2.28. The van der Waals surface area contributed by atoms with E-state index in [2.05, 4.69) is 5.32 Å². The largest absolute Gasteiger partial charge is 0.444 e. The third kappa shape index (κ3) is 4.65. The normalized spacial score (nSPS) is 18.5. The zero-order valence-corrected chi connectivity index (χ0v) is 11.1. The molecule has 0 fully saturated rings. The molecule has 1 aliphatic rings. The van der Waals surface area contributed by atoms with E-state index in [-0.39, 0.29) is 12.7 Å². The Bertz CT molecular complexity index is 347. The molecule has 0 aromatic rings. The van der Waals surface area contributed by atoms with E-state index in [4.69, 9.17) is 10.5 Å². The highest BCUT2D eigenvalue weighted by molar-refractivity contribution is 5.73. The van der Waals surface area contributed by atoms with Gasteiger partial charge < -0.3 is 15.8 Å². The zero-order chi connectivity index (χ0) is 13.8. The van der Waals surface area contributed by atoms with Crippen LogP contribution in [0, 0.1) is 0 Å². The van der Waals surface area contributed by atoms with Crippen molar-refractivity contribution < 1.29 is 14.3 Å². The third-order valence-electron chi connectivity index (χ3n) is 2.44. The molecule has 0 bridgehead atoms. The van der Waals surface area contributed by atoms with Crippen LogP contribution in [0.1, 0.15) is 33.6 Å². The quantitative estimate of drug-likeness (QED) is 0.593. The molecule has 0 aliphatic heterocycles. The van der Waals surface area contributed by atoms with Gasteiger partial charge in [-0.15, -0.1) is 0 Å². The van der Waals surface area contributed by atoms with Gasteiger partial charge in [-0.25, -0.2) is 9.59 Å². The molecule has 1 atom stereocenters. The van der Waals surface area contributed by atoms with Crippen LogP contribution in [0.4, 0.5) is 9.59 Å². The molecule has 102 valence electrons. The maximum Gasteiger partial charge on any atom is 0.412 e. The number of allylic oxidation sites excluding steroid dienone is 1. The summed E-state index contributed by atoms with van der Waals surface area (Å²) in [5.74, 6) is 0. The minimum Gasteiger partial charge on any atom is -0.444 e. The smallest absolute Gasteiger partial charge is 0.412 e. The monoisotopic (exact) mass is 255 g/mol. The molecule has 6 heteroatoms. The molecule has 3 amide bonds. The molecule has 0 heterocycles. The van der Waals surface area contributed by atoms with Crippen LogP contribution in [0.2, 0.25) is 0 Å². The number of hydrogen-bond donors (Lipinski definition) is 2. The van der Waals surface area contributed by atoms with Crippen LogP contribution < -0.4 is 11.1 Å². The molecule has 3 N–H and O–H groups in total. The summed E-state index contributed by atoms with van der Waals surface area (Å²) in [6.45, 7) is 5.46. The summed E-state index contributed by atoms with van der Waals surface area (Å²) in [7, 11) is 0. The van der Waals surface area contributed by atoms with Gasteiger partial charge >= 0.3 is 12.1 Å². The van der Waals surface area contributed by atoms with Gasteiger partial charge in [0.05, 0.1) is 12.7 Å². The maximum atomic E-state index is 12.0. The second-order valence-electron chi connectivity index (χ2n) is 5.22. The second kappa shape index (κ2) is 5.75. The number of carbonyl (C=O) groups excluding carboxylic acids is 2. The zero-order valence-electron chi connectivity index (χ0n) is 11.1. The number of primary amides is 1. The van der Waals surface area contributed by atoms with Crippen LogP contribution in [0.15, 0.2) is 12.2 Å². The van der Waals surface area contributed by atoms with Gasteiger partial charge in [-0.3, -0.25) is 4.90 Å². The SMILES string of the molecule is CC(C)(C)OC(=O)N(CNC(N)=O)C1C=CCC1. The number of rotatable bonds is 3. The van der Waals surface area contributed by atoms with Crippen molar-refractivity contribution in [2.75, 3.05) is 6.67 Å². The molecular formula is C12H21N3O3. The fraction of sp³-hybridized carbons (Fsp3) is 0.667. The van der Waals surface area contributed by atoms with Crippen molar-refractivity contribution in [2.45, 2.75) is 45.3 Å². The van der Waals surface area contributed by atoms with Crippen LogP contribution >= 0.6 is 0 Å². The van der Waals surface area contributed by atoms with Crippen molar-refractivity contribution in [2.24, 2.45) is 5.73 Å². The van der Waals surface area contributed by atoms with E-state index in [1.807, 2.05) is 12.2 Å². The Morgan fingerprint density at radius 2 is 2.17 bits per heavy atom. The average Bonchev–Trinajstić information content (AvgIpc) is 2.67. The lowest BCUT2D eigenvalue weighted by Crippen LogP contribution is -2.48. The standard InChI is InChI=1S/C12H21N3O3/c1-12(2,3)18-11(17)15(8-14-10(13)16)9-6-4-5-7-9/h4,6,9H,5,7-8H2,1-3H3,(H3,13,14,16). The topological polar surface area (TPSA) is 84.7 Å². The van der Waals surface area contributed by atoms with E-state index in [9.17, 15) is 9.59 Å². The van der Waals surface area contributed by atoms with Crippen LogP contribution in [-0.4, -0.2) is 35.3 Å². The molecule has 0 saturated carbocycles. The van der Waals surface area contributed by atoms with Gasteiger partial charge in [0.25, 0.3) is 0 Å². The van der Waals surface area contributed by atoms with Gasteiger partial charge in [-0.05, 0) is 33.6 Å². The first kappa shape index (κ1) is 14.3. The molecule has 0 aromatic heterocycles. The third-order valence-corrected chi connectivity index (χ3v) is 2.44. The van der Waals surface area contributed by atoms with Gasteiger partial charge in [-0.2, -0.15) is 0 Å². The van der Waals surface area contributed by atoms with Crippen molar-refractivity contribution in [1.29, 1.82) is 0 Å². The molecule has 0 spiro atoms. The number of ether oxygens (including phenoxy) is 1. The fourth-order valence-corrected chi connectivity index (χ4v) is 1.68. The van der Waals surface area contributed by atoms with E-state index in [0.29, 0.717) is 0 Å². The molecule has 0 radical (unpaired) electrons. The van der Waals surface area contributed by atoms with Crippen LogP contribution in [0.5, 0.6) is 0 Å². The molecule has 6 nitrogen and oxygen atoms in total. The summed E-state index contributed by atoms with van der Waals surface area (Å²) in [5, 5.41) is 2.42. The predicted molar refractivity (Wildman–Crippen MR) is 67.8 cm³/mol. The highest BCUT2D eigenvalue weighted by Crippen LogP contribution is 2.18. The summed E-state index contributed by atoms with van der Waals surface area (Å²) in [5.41, 5.74) is 4.45. The molecule has 1 aliphatic carbocycles. The Morgan fingerprint density at radius 1 is 1.50 bits per heavy atom. The van der Waals surface area contributed by atoms with E-state index < -0.39 is 17.7 Å². The summed E-state index contributed by atoms with van der Waals surface area (Å²) in [4.78, 5) is 24.2. The van der Waals surface area contributed by atoms with E-state index in [1.54, 1.807) is 20.8 Å². The Hall–Kier alpha value is -1.72. The van der Waals surface area contributed by atoms with Gasteiger partial charge in [0.2, 0.25) is 0 Å². The van der Waals surface area contributed by atoms with Crippen LogP contribution in [0.25, 0.3) is 0 Å². The first-order valence-corrected chi connectivity index (χ1v) is 5.99. The number of nitrogens with two attached hydrogens (primary N) is 1. The lowest BCUT2D eigenvalue weighted by Gasteiger charge is -2.30. The van der Waals surface area contributed by atoms with Gasteiger partial charge in [0.1, 0.15) is 5.60 Å². The van der Waals surface area contributed by atoms with Crippen molar-refractivity contribution >= 4 is 12.1 Å². The second-order valence-corrected chi connectivity index (χ2v) is 5.22. The lowest BCUT2D eigenvalue weighted by molar-refractivity contribution is 0.0190. The number of nitrogens with zero attached hydrogens (tertiary/aromatic N) is 1. The van der Waals surface area contributed by atoms with E-state index in [1.165, 1.54) is 4.90 Å². The number of carbonyl (C=O) groups is 2. The number of amides is 3. The minimum absolute atomic E-state index is 0.0494. The average molecular weight is 255 g/mol. The molecule has 18 heavy (non-hydrogen) atoms. The Balaban J connectivity index is 2.66. The van der Waals surface area contributed by atoms with Crippen molar-refractivity contribution in [3.8, 4) is 0 Å². The fourth-order valence-electron chi connectivity index (χ4n) is 1.68. The first-order valence-electron chi connectivity index (χ1n) is 5.99.